The highest BCUT2D eigenvalue weighted by Crippen LogP contribution is 2.30. The Labute approximate surface area is 224 Å². The zero-order valence-electron chi connectivity index (χ0n) is 23.3. The lowest BCUT2D eigenvalue weighted by molar-refractivity contribution is -0.139. The predicted molar refractivity (Wildman–Crippen MR) is 152 cm³/mol. The third kappa shape index (κ3) is 11.0. The number of fused-ring (bicyclic) bond motifs is 1. The molecule has 4 nitrogen and oxygen atoms in total. The van der Waals surface area contributed by atoms with E-state index in [4.69, 9.17) is 4.74 Å². The Morgan fingerprint density at radius 1 is 0.757 bits per heavy atom. The molecule has 0 unspecified atom stereocenters. The van der Waals surface area contributed by atoms with Crippen LogP contribution in [0.2, 0.25) is 0 Å². The number of carbonyl (C=O) groups is 3. The van der Waals surface area contributed by atoms with Crippen molar-refractivity contribution in [2.75, 3.05) is 0 Å². The van der Waals surface area contributed by atoms with Crippen LogP contribution in [0.4, 0.5) is 0 Å². The second-order valence-corrected chi connectivity index (χ2v) is 10.3. The minimum Gasteiger partial charge on any atom is -0.422 e. The number of ether oxygens (including phenoxy) is 1. The van der Waals surface area contributed by atoms with Gasteiger partial charge in [0, 0.05) is 17.5 Å². The van der Waals surface area contributed by atoms with Gasteiger partial charge in [0.05, 0.1) is 5.57 Å². The Hall–Kier alpha value is -2.75. The zero-order valence-corrected chi connectivity index (χ0v) is 23.3. The predicted octanol–water partition coefficient (Wildman–Crippen LogP) is 9.26. The van der Waals surface area contributed by atoms with Gasteiger partial charge < -0.3 is 4.74 Å². The fourth-order valence-electron chi connectivity index (χ4n) is 4.51. The molecule has 0 N–H and O–H groups in total. The van der Waals surface area contributed by atoms with Crippen molar-refractivity contribution in [1.29, 1.82) is 0 Å². The molecule has 0 atom stereocenters. The number of esters is 1. The Morgan fingerprint density at radius 3 is 1.89 bits per heavy atom. The van der Waals surface area contributed by atoms with Crippen molar-refractivity contribution in [1.82, 2.24) is 0 Å². The molecule has 2 rings (SSSR count). The molecule has 0 aliphatic heterocycles. The molecule has 1 aromatic carbocycles. The van der Waals surface area contributed by atoms with Crippen LogP contribution in [-0.2, 0) is 9.53 Å². The summed E-state index contributed by atoms with van der Waals surface area (Å²) in [6.45, 7) is 6.12. The minimum absolute atomic E-state index is 0.0982. The summed E-state index contributed by atoms with van der Waals surface area (Å²) in [4.78, 5) is 38.6. The molecule has 0 saturated heterocycles. The second kappa shape index (κ2) is 17.7. The quantitative estimate of drug-likeness (QED) is 0.113. The largest absolute Gasteiger partial charge is 0.422 e. The molecule has 1 aliphatic carbocycles. The molecular weight excluding hydrogens is 460 g/mol. The van der Waals surface area contributed by atoms with Gasteiger partial charge >= 0.3 is 5.97 Å². The average Bonchev–Trinajstić information content (AvgIpc) is 2.89. The molecule has 0 saturated carbocycles. The molecule has 0 heterocycles. The van der Waals surface area contributed by atoms with Gasteiger partial charge in [0.15, 0.2) is 11.5 Å². The van der Waals surface area contributed by atoms with Crippen LogP contribution in [0.1, 0.15) is 138 Å². The fraction of sp³-hybridized carbons (Fsp3) is 0.545. The summed E-state index contributed by atoms with van der Waals surface area (Å²) < 4.78 is 5.53. The van der Waals surface area contributed by atoms with E-state index in [0.29, 0.717) is 11.1 Å². The van der Waals surface area contributed by atoms with E-state index < -0.39 is 5.97 Å². The van der Waals surface area contributed by atoms with E-state index in [9.17, 15) is 14.4 Å². The van der Waals surface area contributed by atoms with Crippen LogP contribution in [0.15, 0.2) is 59.4 Å². The number of hydrogen-bond acceptors (Lipinski definition) is 4. The number of benzene rings is 1. The molecule has 4 heteroatoms. The highest BCUT2D eigenvalue weighted by Gasteiger charge is 2.33. The van der Waals surface area contributed by atoms with Crippen molar-refractivity contribution in [2.24, 2.45) is 0 Å². The monoisotopic (exact) mass is 506 g/mol. The van der Waals surface area contributed by atoms with E-state index in [-0.39, 0.29) is 35.7 Å². The van der Waals surface area contributed by atoms with Crippen molar-refractivity contribution < 1.29 is 19.1 Å². The van der Waals surface area contributed by atoms with Crippen LogP contribution in [0.5, 0.6) is 0 Å². The minimum atomic E-state index is -0.442. The highest BCUT2D eigenvalue weighted by atomic mass is 16.5. The van der Waals surface area contributed by atoms with Gasteiger partial charge in [0.25, 0.3) is 0 Å². The maximum absolute atomic E-state index is 13.1. The maximum atomic E-state index is 13.1. The van der Waals surface area contributed by atoms with E-state index >= 15 is 0 Å². The summed E-state index contributed by atoms with van der Waals surface area (Å²) in [5, 5.41) is 0. The third-order valence-electron chi connectivity index (χ3n) is 6.74. The molecule has 0 amide bonds. The van der Waals surface area contributed by atoms with E-state index in [1.165, 1.54) is 51.4 Å². The first-order chi connectivity index (χ1) is 18.0. The number of carbonyl (C=O) groups excluding carboxylic acids is 3. The van der Waals surface area contributed by atoms with Gasteiger partial charge in [-0.1, -0.05) is 106 Å². The Kier molecular flexibility index (Phi) is 14.5. The Bertz CT molecular complexity index is 976. The van der Waals surface area contributed by atoms with Crippen LogP contribution in [-0.4, -0.2) is 17.5 Å². The van der Waals surface area contributed by atoms with Crippen LogP contribution in [0.25, 0.3) is 0 Å². The Morgan fingerprint density at radius 2 is 1.30 bits per heavy atom. The van der Waals surface area contributed by atoms with E-state index in [1.807, 2.05) is 19.9 Å². The molecule has 0 radical (unpaired) electrons. The summed E-state index contributed by atoms with van der Waals surface area (Å²) in [5.41, 5.74) is 1.98. The summed E-state index contributed by atoms with van der Waals surface area (Å²) >= 11 is 0. The lowest BCUT2D eigenvalue weighted by Crippen LogP contribution is -2.25. The first kappa shape index (κ1) is 30.5. The molecule has 0 fully saturated rings. The molecule has 0 aromatic heterocycles. The number of allylic oxidation sites excluding steroid dienone is 6. The Balaban J connectivity index is 1.69. The molecule has 202 valence electrons. The maximum Gasteiger partial charge on any atom is 0.311 e. The molecular formula is C33H46O4. The fourth-order valence-corrected chi connectivity index (χ4v) is 4.51. The van der Waals surface area contributed by atoms with Crippen molar-refractivity contribution >= 4 is 17.5 Å². The van der Waals surface area contributed by atoms with Gasteiger partial charge in [0.2, 0.25) is 5.78 Å². The molecule has 37 heavy (non-hydrogen) atoms. The first-order valence-corrected chi connectivity index (χ1v) is 14.4. The van der Waals surface area contributed by atoms with E-state index in [2.05, 4.69) is 19.1 Å². The average molecular weight is 507 g/mol. The topological polar surface area (TPSA) is 60.4 Å². The summed E-state index contributed by atoms with van der Waals surface area (Å²) in [5.74, 6) is -1.16. The summed E-state index contributed by atoms with van der Waals surface area (Å²) in [7, 11) is 0. The van der Waals surface area contributed by atoms with Gasteiger partial charge in [-0.25, -0.2) is 0 Å². The summed E-state index contributed by atoms with van der Waals surface area (Å²) in [6, 6.07) is 6.73. The zero-order chi connectivity index (χ0) is 26.9. The van der Waals surface area contributed by atoms with Gasteiger partial charge in [0.1, 0.15) is 0 Å². The smallest absolute Gasteiger partial charge is 0.311 e. The van der Waals surface area contributed by atoms with E-state index in [0.717, 1.165) is 37.7 Å². The molecule has 0 bridgehead atoms. The standard InChI is InChI=1S/C33H46O4/c1-4-5-6-7-8-9-10-11-12-13-14-15-16-17-18-23-30(34)37-33-29(25-24-26(2)3)31(35)27-21-19-20-22-28(27)32(33)36/h11-12,19-22,24H,4-10,13-18,23,25H2,1-3H3/b12-11+. The highest BCUT2D eigenvalue weighted by molar-refractivity contribution is 6.26. The number of hydrogen-bond donors (Lipinski definition) is 0. The number of rotatable bonds is 18. The van der Waals surface area contributed by atoms with Crippen LogP contribution < -0.4 is 0 Å². The number of Topliss-reactive ketones (excluding diaryl/α,β-unsaturated/α-hetero) is 2. The van der Waals surface area contributed by atoms with Gasteiger partial charge in [-0.15, -0.1) is 0 Å². The van der Waals surface area contributed by atoms with E-state index in [1.54, 1.807) is 24.3 Å². The number of ketones is 2. The lowest BCUT2D eigenvalue weighted by atomic mass is 9.86. The van der Waals surface area contributed by atoms with Crippen molar-refractivity contribution in [3.8, 4) is 0 Å². The van der Waals surface area contributed by atoms with Gasteiger partial charge in [-0.05, 0) is 52.4 Å². The molecule has 0 spiro atoms. The SMILES string of the molecule is CCCCCCCC/C=C/CCCCCCCC(=O)OC1=C(CC=C(C)C)C(=O)c2ccccc2C1=O. The van der Waals surface area contributed by atoms with Gasteiger partial charge in [-0.3, -0.25) is 14.4 Å². The van der Waals surface area contributed by atoms with Gasteiger partial charge in [-0.2, -0.15) is 0 Å². The van der Waals surface area contributed by atoms with Crippen molar-refractivity contribution in [3.05, 3.63) is 70.5 Å². The third-order valence-corrected chi connectivity index (χ3v) is 6.74. The second-order valence-electron chi connectivity index (χ2n) is 10.3. The van der Waals surface area contributed by atoms with Crippen LogP contribution in [0.3, 0.4) is 0 Å². The van der Waals surface area contributed by atoms with Crippen LogP contribution >= 0.6 is 0 Å². The van der Waals surface area contributed by atoms with Crippen LogP contribution in [0, 0.1) is 0 Å². The first-order valence-electron chi connectivity index (χ1n) is 14.4. The number of unbranched alkanes of at least 4 members (excludes halogenated alkanes) is 11. The molecule has 1 aliphatic rings. The molecule has 1 aromatic rings. The summed E-state index contributed by atoms with van der Waals surface area (Å²) in [6.07, 6.45) is 22.5. The lowest BCUT2D eigenvalue weighted by Gasteiger charge is -2.20. The normalized spacial score (nSPS) is 13.3. The van der Waals surface area contributed by atoms with Crippen molar-refractivity contribution in [3.63, 3.8) is 0 Å². The van der Waals surface area contributed by atoms with Crippen molar-refractivity contribution in [2.45, 2.75) is 117 Å².